The first-order valence-electron chi connectivity index (χ1n) is 8.09. The van der Waals surface area contributed by atoms with E-state index >= 15 is 0 Å². The topological polar surface area (TPSA) is 64.1 Å². The molecular weight excluding hydrogens is 321 g/mol. The number of rotatable bonds is 6. The number of hydrogen-bond donors (Lipinski definition) is 1. The summed E-state index contributed by atoms with van der Waals surface area (Å²) in [5, 5.41) is 3.10. The Kier molecular flexibility index (Phi) is 5.18. The summed E-state index contributed by atoms with van der Waals surface area (Å²) < 4.78 is 18.2. The SMILES string of the molecule is CCCOC(=O)c1nc2ccccc2nc1NCc1ccc(F)cc1. The van der Waals surface area contributed by atoms with E-state index in [9.17, 15) is 9.18 Å². The van der Waals surface area contributed by atoms with E-state index in [1.807, 2.05) is 25.1 Å². The van der Waals surface area contributed by atoms with Crippen LogP contribution in [-0.4, -0.2) is 22.5 Å². The maximum Gasteiger partial charge on any atom is 0.360 e. The Labute approximate surface area is 144 Å². The minimum atomic E-state index is -0.512. The highest BCUT2D eigenvalue weighted by atomic mass is 19.1. The fourth-order valence-corrected chi connectivity index (χ4v) is 2.32. The van der Waals surface area contributed by atoms with Crippen LogP contribution in [0.1, 0.15) is 29.4 Å². The molecule has 0 radical (unpaired) electrons. The number of benzene rings is 2. The van der Waals surface area contributed by atoms with Crippen LogP contribution in [0, 0.1) is 5.82 Å². The molecule has 0 spiro atoms. The van der Waals surface area contributed by atoms with Gasteiger partial charge in [0.05, 0.1) is 17.6 Å². The molecule has 0 atom stereocenters. The number of hydrogen-bond acceptors (Lipinski definition) is 5. The molecule has 0 fully saturated rings. The number of esters is 1. The zero-order valence-electron chi connectivity index (χ0n) is 13.8. The van der Waals surface area contributed by atoms with Gasteiger partial charge < -0.3 is 10.1 Å². The summed E-state index contributed by atoms with van der Waals surface area (Å²) in [6.07, 6.45) is 0.727. The molecule has 1 heterocycles. The summed E-state index contributed by atoms with van der Waals surface area (Å²) in [5.74, 6) is -0.455. The van der Waals surface area contributed by atoms with Crippen LogP contribution in [0.25, 0.3) is 11.0 Å². The molecule has 1 N–H and O–H groups in total. The number of aromatic nitrogens is 2. The molecule has 1 aromatic heterocycles. The number of anilines is 1. The highest BCUT2D eigenvalue weighted by Crippen LogP contribution is 2.19. The fourth-order valence-electron chi connectivity index (χ4n) is 2.32. The molecule has 3 rings (SSSR count). The van der Waals surface area contributed by atoms with Gasteiger partial charge in [-0.1, -0.05) is 31.2 Å². The molecule has 0 unspecified atom stereocenters. The van der Waals surface area contributed by atoms with Crippen molar-refractivity contribution < 1.29 is 13.9 Å². The Morgan fingerprint density at radius 3 is 2.44 bits per heavy atom. The second kappa shape index (κ2) is 7.70. The smallest absolute Gasteiger partial charge is 0.360 e. The molecule has 5 nitrogen and oxygen atoms in total. The third kappa shape index (κ3) is 4.09. The van der Waals surface area contributed by atoms with E-state index in [0.29, 0.717) is 30.0 Å². The predicted molar refractivity (Wildman–Crippen MR) is 93.8 cm³/mol. The van der Waals surface area contributed by atoms with E-state index < -0.39 is 5.97 Å². The molecule has 0 aliphatic heterocycles. The van der Waals surface area contributed by atoms with Crippen LogP contribution in [-0.2, 0) is 11.3 Å². The van der Waals surface area contributed by atoms with Gasteiger partial charge in [-0.3, -0.25) is 0 Å². The summed E-state index contributed by atoms with van der Waals surface area (Å²) in [4.78, 5) is 21.2. The molecule has 0 aliphatic carbocycles. The quantitative estimate of drug-likeness (QED) is 0.689. The van der Waals surface area contributed by atoms with Crippen molar-refractivity contribution in [2.24, 2.45) is 0 Å². The number of fused-ring (bicyclic) bond motifs is 1. The predicted octanol–water partition coefficient (Wildman–Crippen LogP) is 3.95. The largest absolute Gasteiger partial charge is 0.461 e. The Morgan fingerprint density at radius 2 is 1.76 bits per heavy atom. The van der Waals surface area contributed by atoms with E-state index in [4.69, 9.17) is 4.74 Å². The van der Waals surface area contributed by atoms with Crippen molar-refractivity contribution in [2.75, 3.05) is 11.9 Å². The van der Waals surface area contributed by atoms with Crippen LogP contribution in [0.2, 0.25) is 0 Å². The van der Waals surface area contributed by atoms with Gasteiger partial charge in [0.15, 0.2) is 11.5 Å². The van der Waals surface area contributed by atoms with Crippen LogP contribution in [0.5, 0.6) is 0 Å². The van der Waals surface area contributed by atoms with Gasteiger partial charge in [-0.05, 0) is 36.2 Å². The van der Waals surface area contributed by atoms with Crippen molar-refractivity contribution in [3.63, 3.8) is 0 Å². The van der Waals surface area contributed by atoms with Gasteiger partial charge in [-0.15, -0.1) is 0 Å². The van der Waals surface area contributed by atoms with Gasteiger partial charge in [-0.25, -0.2) is 19.2 Å². The van der Waals surface area contributed by atoms with Crippen LogP contribution in [0.3, 0.4) is 0 Å². The van der Waals surface area contributed by atoms with Gasteiger partial charge in [0.1, 0.15) is 5.82 Å². The third-order valence-electron chi connectivity index (χ3n) is 3.57. The average molecular weight is 339 g/mol. The van der Waals surface area contributed by atoms with E-state index in [2.05, 4.69) is 15.3 Å². The monoisotopic (exact) mass is 339 g/mol. The van der Waals surface area contributed by atoms with Gasteiger partial charge in [0, 0.05) is 6.54 Å². The Balaban J connectivity index is 1.90. The molecular formula is C19H18FN3O2. The molecule has 6 heteroatoms. The summed E-state index contributed by atoms with van der Waals surface area (Å²) in [5.41, 5.74) is 2.31. The average Bonchev–Trinajstić information content (AvgIpc) is 2.65. The van der Waals surface area contributed by atoms with E-state index in [0.717, 1.165) is 12.0 Å². The van der Waals surface area contributed by atoms with Gasteiger partial charge >= 0.3 is 5.97 Å². The molecule has 0 bridgehead atoms. The standard InChI is InChI=1S/C19H18FN3O2/c1-2-11-25-19(24)17-18(21-12-13-7-9-14(20)10-8-13)23-16-6-4-3-5-15(16)22-17/h3-10H,2,11-12H2,1H3,(H,21,23). The van der Waals surface area contributed by atoms with Gasteiger partial charge in [-0.2, -0.15) is 0 Å². The van der Waals surface area contributed by atoms with Crippen LogP contribution in [0.4, 0.5) is 10.2 Å². The Bertz CT molecular complexity index is 881. The van der Waals surface area contributed by atoms with Crippen molar-refractivity contribution in [1.82, 2.24) is 9.97 Å². The molecule has 3 aromatic rings. The van der Waals surface area contributed by atoms with Crippen LogP contribution >= 0.6 is 0 Å². The normalized spacial score (nSPS) is 10.6. The molecule has 0 saturated heterocycles. The maximum atomic E-state index is 13.0. The third-order valence-corrected chi connectivity index (χ3v) is 3.57. The number of para-hydroxylation sites is 2. The second-order valence-corrected chi connectivity index (χ2v) is 5.53. The number of nitrogens with one attached hydrogen (secondary N) is 1. The highest BCUT2D eigenvalue weighted by Gasteiger charge is 2.17. The minimum Gasteiger partial charge on any atom is -0.461 e. The zero-order valence-corrected chi connectivity index (χ0v) is 13.8. The first-order chi connectivity index (χ1) is 12.2. The summed E-state index contributed by atoms with van der Waals surface area (Å²) in [6, 6.07) is 13.4. The second-order valence-electron chi connectivity index (χ2n) is 5.53. The number of nitrogens with zero attached hydrogens (tertiary/aromatic N) is 2. The van der Waals surface area contributed by atoms with E-state index in [1.54, 1.807) is 18.2 Å². The number of ether oxygens (including phenoxy) is 1. The van der Waals surface area contributed by atoms with Crippen LogP contribution < -0.4 is 5.32 Å². The lowest BCUT2D eigenvalue weighted by molar-refractivity contribution is 0.0499. The molecule has 128 valence electrons. The van der Waals surface area contributed by atoms with Crippen molar-refractivity contribution in [3.05, 3.63) is 65.6 Å². The van der Waals surface area contributed by atoms with E-state index in [-0.39, 0.29) is 11.5 Å². The molecule has 0 saturated carbocycles. The highest BCUT2D eigenvalue weighted by molar-refractivity contribution is 5.95. The molecule has 25 heavy (non-hydrogen) atoms. The number of carbonyl (C=O) groups is 1. The first-order valence-corrected chi connectivity index (χ1v) is 8.09. The number of carbonyl (C=O) groups excluding carboxylic acids is 1. The lowest BCUT2D eigenvalue weighted by atomic mass is 10.2. The van der Waals surface area contributed by atoms with Crippen LogP contribution in [0.15, 0.2) is 48.5 Å². The first kappa shape index (κ1) is 16.8. The Morgan fingerprint density at radius 1 is 1.08 bits per heavy atom. The maximum absolute atomic E-state index is 13.0. The lowest BCUT2D eigenvalue weighted by Gasteiger charge is -2.11. The molecule has 2 aromatic carbocycles. The van der Waals surface area contributed by atoms with Gasteiger partial charge in [0.2, 0.25) is 0 Å². The van der Waals surface area contributed by atoms with Crippen molar-refractivity contribution in [2.45, 2.75) is 19.9 Å². The molecule has 0 amide bonds. The molecule has 0 aliphatic rings. The fraction of sp³-hybridized carbons (Fsp3) is 0.211. The zero-order chi connectivity index (χ0) is 17.6. The Hall–Kier alpha value is -3.02. The van der Waals surface area contributed by atoms with Crippen molar-refractivity contribution >= 4 is 22.8 Å². The number of halogens is 1. The summed E-state index contributed by atoms with van der Waals surface area (Å²) in [6.45, 7) is 2.64. The lowest BCUT2D eigenvalue weighted by Crippen LogP contribution is -2.14. The van der Waals surface area contributed by atoms with Crippen molar-refractivity contribution in [1.29, 1.82) is 0 Å². The van der Waals surface area contributed by atoms with Crippen molar-refractivity contribution in [3.8, 4) is 0 Å². The summed E-state index contributed by atoms with van der Waals surface area (Å²) in [7, 11) is 0. The van der Waals surface area contributed by atoms with Gasteiger partial charge in [0.25, 0.3) is 0 Å². The van der Waals surface area contributed by atoms with E-state index in [1.165, 1.54) is 12.1 Å². The summed E-state index contributed by atoms with van der Waals surface area (Å²) >= 11 is 0. The minimum absolute atomic E-state index is 0.147.